The van der Waals surface area contributed by atoms with Crippen molar-refractivity contribution in [1.82, 2.24) is 0 Å². The summed E-state index contributed by atoms with van der Waals surface area (Å²) in [5.41, 5.74) is -1.09. The molecule has 0 bridgehead atoms. The Morgan fingerprint density at radius 2 is 1.79 bits per heavy atom. The number of carboxylic acids is 1. The zero-order chi connectivity index (χ0) is 11.4. The van der Waals surface area contributed by atoms with Crippen molar-refractivity contribution < 1.29 is 24.6 Å². The smallest absolute Gasteiger partial charge is 0.374 e. The summed E-state index contributed by atoms with van der Waals surface area (Å²) in [5, 5.41) is 11.9. The minimum Gasteiger partial charge on any atom is -0.480 e. The normalized spacial score (nSPS) is 10.3. The van der Waals surface area contributed by atoms with Crippen molar-refractivity contribution in [2.75, 3.05) is 0 Å². The number of aliphatic carboxylic acids is 1. The molecular formula is C8H13NO5. The van der Waals surface area contributed by atoms with Gasteiger partial charge in [0.05, 0.1) is 5.71 Å². The fraction of sp³-hybridized carbons (Fsp3) is 0.625. The molecule has 0 fully saturated rings. The number of rotatable bonds is 4. The van der Waals surface area contributed by atoms with Gasteiger partial charge < -0.3 is 5.11 Å². The van der Waals surface area contributed by atoms with Gasteiger partial charge in [-0.05, 0) is 32.9 Å². The van der Waals surface area contributed by atoms with Crippen LogP contribution in [0.3, 0.4) is 0 Å². The predicted molar refractivity (Wildman–Crippen MR) is 47.4 cm³/mol. The van der Waals surface area contributed by atoms with Crippen molar-refractivity contribution in [1.29, 1.82) is 0 Å². The highest BCUT2D eigenvalue weighted by Gasteiger charge is 2.39. The van der Waals surface area contributed by atoms with E-state index in [2.05, 4.69) is 15.0 Å². The molecule has 0 heterocycles. The van der Waals surface area contributed by atoms with Crippen LogP contribution in [-0.4, -0.2) is 22.8 Å². The Morgan fingerprint density at radius 1 is 1.29 bits per heavy atom. The van der Waals surface area contributed by atoms with Crippen LogP contribution in [0.4, 0.5) is 0 Å². The highest BCUT2D eigenvalue weighted by Crippen LogP contribution is 2.17. The summed E-state index contributed by atoms with van der Waals surface area (Å²) < 4.78 is 0. The van der Waals surface area contributed by atoms with Gasteiger partial charge in [-0.1, -0.05) is 0 Å². The maximum Gasteiger partial charge on any atom is 0.374 e. The number of carboxylic acid groups (broad SMARTS) is 1. The first-order valence-electron chi connectivity index (χ1n) is 3.91. The van der Waals surface area contributed by atoms with Gasteiger partial charge >= 0.3 is 11.9 Å². The van der Waals surface area contributed by atoms with Crippen LogP contribution in [0.25, 0.3) is 0 Å². The second kappa shape index (κ2) is 4.59. The molecule has 0 aliphatic rings. The van der Waals surface area contributed by atoms with E-state index in [0.29, 0.717) is 5.71 Å². The zero-order valence-electron chi connectivity index (χ0n) is 8.53. The van der Waals surface area contributed by atoms with Gasteiger partial charge in [0.25, 0.3) is 0 Å². The molecule has 1 N–H and O–H groups in total. The van der Waals surface area contributed by atoms with Crippen LogP contribution in [-0.2, 0) is 19.5 Å². The van der Waals surface area contributed by atoms with Gasteiger partial charge in [0.1, 0.15) is 0 Å². The molecule has 0 radical (unpaired) electrons. The van der Waals surface area contributed by atoms with Crippen molar-refractivity contribution in [2.45, 2.75) is 27.7 Å². The van der Waals surface area contributed by atoms with E-state index in [1.807, 2.05) is 0 Å². The van der Waals surface area contributed by atoms with Crippen molar-refractivity contribution in [2.24, 2.45) is 10.6 Å². The number of nitrogens with zero attached hydrogens (tertiary/aromatic N) is 1. The number of carbonyl (C=O) groups is 2. The average Bonchev–Trinajstić information content (AvgIpc) is 2.02. The fourth-order valence-electron chi connectivity index (χ4n) is 0.318. The average molecular weight is 203 g/mol. The predicted octanol–water partition coefficient (Wildman–Crippen LogP) is 0.968. The molecular weight excluding hydrogens is 190 g/mol. The Kier molecular flexibility index (Phi) is 4.07. The first kappa shape index (κ1) is 12.4. The van der Waals surface area contributed by atoms with Crippen LogP contribution in [0.15, 0.2) is 5.16 Å². The second-order valence-corrected chi connectivity index (χ2v) is 3.41. The lowest BCUT2D eigenvalue weighted by atomic mass is 9.94. The first-order valence-corrected chi connectivity index (χ1v) is 3.91. The molecule has 0 saturated carbocycles. The summed E-state index contributed by atoms with van der Waals surface area (Å²) in [6.45, 7) is 5.69. The van der Waals surface area contributed by atoms with E-state index in [1.165, 1.54) is 13.8 Å². The van der Waals surface area contributed by atoms with Gasteiger partial charge in [0.2, 0.25) is 0 Å². The maximum atomic E-state index is 11.1. The maximum absolute atomic E-state index is 11.1. The van der Waals surface area contributed by atoms with Crippen molar-refractivity contribution in [3.63, 3.8) is 0 Å². The number of carbonyl (C=O) groups excluding carboxylic acids is 1. The lowest BCUT2D eigenvalue weighted by molar-refractivity contribution is -0.280. The molecule has 0 aromatic carbocycles. The zero-order valence-corrected chi connectivity index (χ0v) is 8.53. The molecule has 0 aliphatic carbocycles. The third kappa shape index (κ3) is 3.42. The van der Waals surface area contributed by atoms with E-state index in [4.69, 9.17) is 5.11 Å². The van der Waals surface area contributed by atoms with Crippen molar-refractivity contribution in [3.8, 4) is 0 Å². The van der Waals surface area contributed by atoms with E-state index in [1.54, 1.807) is 13.8 Å². The van der Waals surface area contributed by atoms with E-state index in [-0.39, 0.29) is 0 Å². The Labute approximate surface area is 81.4 Å². The third-order valence-electron chi connectivity index (χ3n) is 1.38. The molecule has 6 nitrogen and oxygen atoms in total. The summed E-state index contributed by atoms with van der Waals surface area (Å²) >= 11 is 0. The molecule has 0 aromatic heterocycles. The fourth-order valence-corrected chi connectivity index (χ4v) is 0.318. The lowest BCUT2D eigenvalue weighted by Gasteiger charge is -2.13. The van der Waals surface area contributed by atoms with Crippen molar-refractivity contribution in [3.05, 3.63) is 0 Å². The van der Waals surface area contributed by atoms with Gasteiger partial charge in [0.15, 0.2) is 5.41 Å². The number of hydrogen-bond donors (Lipinski definition) is 1. The minimum absolute atomic E-state index is 0.547. The standard InChI is InChI=1S/C8H13NO5/c1-5(2)9-14-13-7(12)8(3,4)6(10)11/h1-4H3,(H,10,11). The summed E-state index contributed by atoms with van der Waals surface area (Å²) in [5.74, 6) is -2.29. The summed E-state index contributed by atoms with van der Waals surface area (Å²) in [4.78, 5) is 30.0. The minimum atomic E-state index is -1.64. The van der Waals surface area contributed by atoms with Gasteiger partial charge in [-0.15, -0.1) is 0 Å². The highest BCUT2D eigenvalue weighted by atomic mass is 17.3. The summed E-state index contributed by atoms with van der Waals surface area (Å²) in [7, 11) is 0. The number of oxime groups is 1. The Balaban J connectivity index is 4.23. The highest BCUT2D eigenvalue weighted by molar-refractivity contribution is 5.97. The quantitative estimate of drug-likeness (QED) is 0.318. The SMILES string of the molecule is CC(C)=NOOC(=O)C(C)(C)C(=O)O. The van der Waals surface area contributed by atoms with Gasteiger partial charge in [-0.3, -0.25) is 4.79 Å². The van der Waals surface area contributed by atoms with Crippen LogP contribution in [0.5, 0.6) is 0 Å². The topological polar surface area (TPSA) is 85.2 Å². The Morgan fingerprint density at radius 3 is 2.14 bits per heavy atom. The third-order valence-corrected chi connectivity index (χ3v) is 1.38. The summed E-state index contributed by atoms with van der Waals surface area (Å²) in [6.07, 6.45) is 0. The Hall–Kier alpha value is -1.59. The Bertz CT molecular complexity index is 265. The molecule has 6 heteroatoms. The molecule has 80 valence electrons. The van der Waals surface area contributed by atoms with E-state index in [9.17, 15) is 9.59 Å². The van der Waals surface area contributed by atoms with E-state index >= 15 is 0 Å². The molecule has 0 aromatic rings. The molecule has 0 saturated heterocycles. The molecule has 0 spiro atoms. The first-order chi connectivity index (χ1) is 6.28. The summed E-state index contributed by atoms with van der Waals surface area (Å²) in [6, 6.07) is 0. The van der Waals surface area contributed by atoms with E-state index in [0.717, 1.165) is 0 Å². The van der Waals surface area contributed by atoms with Crippen LogP contribution in [0.1, 0.15) is 27.7 Å². The van der Waals surface area contributed by atoms with Gasteiger partial charge in [0, 0.05) is 0 Å². The monoisotopic (exact) mass is 203 g/mol. The molecule has 14 heavy (non-hydrogen) atoms. The molecule has 0 atom stereocenters. The number of hydrogen-bond acceptors (Lipinski definition) is 5. The van der Waals surface area contributed by atoms with Crippen LogP contribution < -0.4 is 0 Å². The largest absolute Gasteiger partial charge is 0.480 e. The molecule has 0 amide bonds. The lowest BCUT2D eigenvalue weighted by Crippen LogP contribution is -2.34. The van der Waals surface area contributed by atoms with Crippen LogP contribution >= 0.6 is 0 Å². The second-order valence-electron chi connectivity index (χ2n) is 3.41. The van der Waals surface area contributed by atoms with Crippen LogP contribution in [0.2, 0.25) is 0 Å². The van der Waals surface area contributed by atoms with Gasteiger partial charge in [-0.25, -0.2) is 9.68 Å². The van der Waals surface area contributed by atoms with Gasteiger partial charge in [-0.2, -0.15) is 4.99 Å². The molecule has 0 rings (SSSR count). The molecule has 0 aliphatic heterocycles. The van der Waals surface area contributed by atoms with Crippen molar-refractivity contribution >= 4 is 17.7 Å². The van der Waals surface area contributed by atoms with Crippen LogP contribution in [0, 0.1) is 5.41 Å². The molecule has 0 unspecified atom stereocenters. The van der Waals surface area contributed by atoms with E-state index < -0.39 is 17.4 Å².